The fraction of sp³-hybridized carbons (Fsp3) is 0.111. The number of aryl methyl sites for hydroxylation is 4. The van der Waals surface area contributed by atoms with Crippen molar-refractivity contribution in [3.8, 4) is 44.5 Å². The largest absolute Gasteiger partial charge is 0.0613 e. The van der Waals surface area contributed by atoms with Gasteiger partial charge in [-0.15, -0.1) is 0 Å². The first-order valence-corrected chi connectivity index (χ1v) is 16.1. The Morgan fingerprint density at radius 1 is 0.333 bits per heavy atom. The lowest BCUT2D eigenvalue weighted by atomic mass is 9.82. The molecule has 0 amide bonds. The van der Waals surface area contributed by atoms with Gasteiger partial charge in [0.2, 0.25) is 0 Å². The topological polar surface area (TPSA) is 0 Å². The first kappa shape index (κ1) is 27.4. The number of benzene rings is 8. The van der Waals surface area contributed by atoms with Crippen LogP contribution in [0.15, 0.2) is 133 Å². The van der Waals surface area contributed by atoms with E-state index in [2.05, 4.69) is 161 Å². The number of hydrogen-bond donors (Lipinski definition) is 0. The molecule has 0 nitrogen and oxygen atoms in total. The van der Waals surface area contributed by atoms with E-state index in [1.807, 2.05) is 0 Å². The minimum absolute atomic E-state index is 1.04. The molecule has 0 spiro atoms. The molecule has 0 aliphatic rings. The lowest BCUT2D eigenvalue weighted by Gasteiger charge is -2.21. The van der Waals surface area contributed by atoms with Crippen LogP contribution in [0.5, 0.6) is 0 Å². The molecule has 216 valence electrons. The van der Waals surface area contributed by atoms with Gasteiger partial charge in [0.25, 0.3) is 0 Å². The molecule has 45 heavy (non-hydrogen) atoms. The van der Waals surface area contributed by atoms with E-state index in [-0.39, 0.29) is 0 Å². The van der Waals surface area contributed by atoms with Gasteiger partial charge in [0, 0.05) is 0 Å². The highest BCUT2D eigenvalue weighted by Crippen LogP contribution is 2.48. The third-order valence-corrected chi connectivity index (χ3v) is 9.66. The van der Waals surface area contributed by atoms with Crippen molar-refractivity contribution in [2.75, 3.05) is 0 Å². The zero-order valence-electron chi connectivity index (χ0n) is 26.4. The molecule has 0 atom stereocenters. The van der Waals surface area contributed by atoms with Gasteiger partial charge in [-0.05, 0) is 122 Å². The van der Waals surface area contributed by atoms with Gasteiger partial charge in [0.15, 0.2) is 0 Å². The van der Waals surface area contributed by atoms with Crippen LogP contribution in [0.1, 0.15) is 29.2 Å². The van der Waals surface area contributed by atoms with Crippen LogP contribution in [0.2, 0.25) is 0 Å². The van der Waals surface area contributed by atoms with Crippen molar-refractivity contribution in [1.82, 2.24) is 0 Å². The van der Waals surface area contributed by atoms with E-state index < -0.39 is 0 Å². The summed E-state index contributed by atoms with van der Waals surface area (Å²) in [5.41, 5.74) is 15.3. The van der Waals surface area contributed by atoms with E-state index in [4.69, 9.17) is 0 Å². The third-order valence-electron chi connectivity index (χ3n) is 9.66. The van der Waals surface area contributed by atoms with Crippen molar-refractivity contribution in [2.45, 2.75) is 34.1 Å². The highest BCUT2D eigenvalue weighted by Gasteiger charge is 2.21. The molecule has 0 saturated heterocycles. The molecule has 0 aliphatic heterocycles. The van der Waals surface area contributed by atoms with E-state index in [1.54, 1.807) is 0 Å². The van der Waals surface area contributed by atoms with E-state index in [9.17, 15) is 0 Å². The summed E-state index contributed by atoms with van der Waals surface area (Å²) in [5, 5.41) is 7.90. The van der Waals surface area contributed by atoms with Crippen molar-refractivity contribution in [3.05, 3.63) is 156 Å². The molecule has 0 aromatic heterocycles. The van der Waals surface area contributed by atoms with Gasteiger partial charge in [-0.3, -0.25) is 0 Å². The van der Waals surface area contributed by atoms with Crippen LogP contribution in [0.4, 0.5) is 0 Å². The third kappa shape index (κ3) is 4.61. The van der Waals surface area contributed by atoms with Gasteiger partial charge in [0.05, 0.1) is 0 Å². The second kappa shape index (κ2) is 10.8. The molecule has 0 fully saturated rings. The fourth-order valence-electron chi connectivity index (χ4n) is 7.07. The lowest BCUT2D eigenvalue weighted by molar-refractivity contribution is 1.14. The Morgan fingerprint density at radius 3 is 0.867 bits per heavy atom. The first-order chi connectivity index (χ1) is 22.0. The normalized spacial score (nSPS) is 11.6. The maximum absolute atomic E-state index is 2.43. The minimum Gasteiger partial charge on any atom is -0.0613 e. The van der Waals surface area contributed by atoms with Crippen molar-refractivity contribution in [2.24, 2.45) is 0 Å². The highest BCUT2D eigenvalue weighted by atomic mass is 14.2. The molecule has 0 heterocycles. The van der Waals surface area contributed by atoms with Crippen molar-refractivity contribution < 1.29 is 0 Å². The molecule has 0 bridgehead atoms. The van der Waals surface area contributed by atoms with E-state index in [1.165, 1.54) is 99.1 Å². The van der Waals surface area contributed by atoms with E-state index in [0.717, 1.165) is 6.42 Å². The van der Waals surface area contributed by atoms with Crippen LogP contribution in [-0.4, -0.2) is 0 Å². The Morgan fingerprint density at radius 2 is 0.600 bits per heavy atom. The Labute approximate surface area is 266 Å². The highest BCUT2D eigenvalue weighted by molar-refractivity contribution is 6.31. The predicted octanol–water partition coefficient (Wildman–Crippen LogP) is 12.7. The molecular formula is C45H36. The monoisotopic (exact) mass is 576 g/mol. The number of rotatable bonds is 5. The van der Waals surface area contributed by atoms with Crippen LogP contribution in [0.25, 0.3) is 76.8 Å². The SMILES string of the molecule is CCc1ccc(-c2cc(-c3ccc(C)cc3)c3ccc4c(-c5ccc(C)cc5)cc(-c5ccc(C)cc5)c5ccc2c3c45)cc1. The zero-order chi connectivity index (χ0) is 30.7. The molecule has 0 N–H and O–H groups in total. The predicted molar refractivity (Wildman–Crippen MR) is 195 cm³/mol. The fourth-order valence-corrected chi connectivity index (χ4v) is 7.07. The summed E-state index contributed by atoms with van der Waals surface area (Å²) in [6.07, 6.45) is 1.04. The molecule has 0 saturated carbocycles. The van der Waals surface area contributed by atoms with Crippen molar-refractivity contribution in [1.29, 1.82) is 0 Å². The van der Waals surface area contributed by atoms with Crippen LogP contribution in [0, 0.1) is 20.8 Å². The Hall–Kier alpha value is -5.20. The van der Waals surface area contributed by atoms with Gasteiger partial charge in [0.1, 0.15) is 0 Å². The maximum atomic E-state index is 2.43. The van der Waals surface area contributed by atoms with Gasteiger partial charge >= 0.3 is 0 Å². The first-order valence-electron chi connectivity index (χ1n) is 16.1. The molecule has 0 radical (unpaired) electrons. The summed E-state index contributed by atoms with van der Waals surface area (Å²) >= 11 is 0. The molecule has 8 aromatic rings. The van der Waals surface area contributed by atoms with Crippen molar-refractivity contribution in [3.63, 3.8) is 0 Å². The van der Waals surface area contributed by atoms with E-state index in [0.29, 0.717) is 0 Å². The average molecular weight is 577 g/mol. The Bertz CT molecular complexity index is 2250. The second-order valence-electron chi connectivity index (χ2n) is 12.7. The maximum Gasteiger partial charge on any atom is -0.00139 e. The standard InChI is InChI=1S/C45H36/c1-5-31-12-20-35(21-13-31)43-27-42(34-18-10-30(4)11-19-34)38-23-22-36-40(32-14-6-28(2)7-15-32)26-41(33-16-8-29(3)9-17-33)37-24-25-39(43)45(38)44(36)37/h6-27H,5H2,1-4H3. The second-order valence-corrected chi connectivity index (χ2v) is 12.7. The minimum atomic E-state index is 1.04. The number of hydrogen-bond acceptors (Lipinski definition) is 0. The molecule has 0 heteroatoms. The van der Waals surface area contributed by atoms with Crippen LogP contribution < -0.4 is 0 Å². The van der Waals surface area contributed by atoms with Crippen LogP contribution in [-0.2, 0) is 6.42 Å². The van der Waals surface area contributed by atoms with Crippen LogP contribution >= 0.6 is 0 Å². The molecular weight excluding hydrogens is 540 g/mol. The average Bonchev–Trinajstić information content (AvgIpc) is 3.08. The molecule has 8 rings (SSSR count). The molecule has 0 unspecified atom stereocenters. The Balaban J connectivity index is 1.54. The Kier molecular flexibility index (Phi) is 6.54. The van der Waals surface area contributed by atoms with Crippen LogP contribution in [0.3, 0.4) is 0 Å². The summed E-state index contributed by atoms with van der Waals surface area (Å²) in [6, 6.07) is 50.5. The summed E-state index contributed by atoms with van der Waals surface area (Å²) in [4.78, 5) is 0. The van der Waals surface area contributed by atoms with Gasteiger partial charge in [-0.1, -0.05) is 145 Å². The van der Waals surface area contributed by atoms with E-state index >= 15 is 0 Å². The summed E-state index contributed by atoms with van der Waals surface area (Å²) in [7, 11) is 0. The molecule has 0 aliphatic carbocycles. The zero-order valence-corrected chi connectivity index (χ0v) is 26.4. The lowest BCUT2D eigenvalue weighted by Crippen LogP contribution is -1.94. The van der Waals surface area contributed by atoms with Gasteiger partial charge in [-0.2, -0.15) is 0 Å². The summed E-state index contributed by atoms with van der Waals surface area (Å²) in [6.45, 7) is 8.70. The van der Waals surface area contributed by atoms with Crippen molar-refractivity contribution >= 4 is 32.3 Å². The quantitative estimate of drug-likeness (QED) is 0.179. The van der Waals surface area contributed by atoms with Gasteiger partial charge in [-0.25, -0.2) is 0 Å². The summed E-state index contributed by atoms with van der Waals surface area (Å²) < 4.78 is 0. The smallest absolute Gasteiger partial charge is 0.00139 e. The van der Waals surface area contributed by atoms with Gasteiger partial charge < -0.3 is 0 Å². The molecule has 8 aromatic carbocycles. The summed E-state index contributed by atoms with van der Waals surface area (Å²) in [5.74, 6) is 0.